The van der Waals surface area contributed by atoms with Crippen molar-refractivity contribution in [3.8, 4) is 11.5 Å². The molecule has 0 spiro atoms. The monoisotopic (exact) mass is 540 g/mol. The lowest BCUT2D eigenvalue weighted by molar-refractivity contribution is -0.384. The first-order chi connectivity index (χ1) is 15.8. The molecule has 0 saturated carbocycles. The second-order valence-corrected chi connectivity index (χ2v) is 8.46. The van der Waals surface area contributed by atoms with Crippen LogP contribution in [-0.4, -0.2) is 20.6 Å². The van der Waals surface area contributed by atoms with E-state index in [4.69, 9.17) is 4.74 Å². The lowest BCUT2D eigenvalue weighted by Crippen LogP contribution is -2.16. The number of non-ortho nitro benzene ring substituents is 1. The lowest BCUT2D eigenvalue weighted by Gasteiger charge is -2.11. The van der Waals surface area contributed by atoms with Crippen molar-refractivity contribution in [3.63, 3.8) is 0 Å². The first-order valence-corrected chi connectivity index (χ1v) is 10.8. The Morgan fingerprint density at radius 2 is 1.74 bits per heavy atom. The first-order valence-electron chi connectivity index (χ1n) is 9.99. The van der Waals surface area contributed by atoms with Crippen molar-refractivity contribution >= 4 is 33.2 Å². The fourth-order valence-corrected chi connectivity index (χ4v) is 3.81. The summed E-state index contributed by atoms with van der Waals surface area (Å²) in [6, 6.07) is 9.32. The molecule has 0 aliphatic heterocycles. The number of hydrogen-bond donors (Lipinski definition) is 1. The molecule has 1 heterocycles. The fraction of sp³-hybridized carbons (Fsp3) is 0.273. The number of alkyl halides is 3. The molecule has 180 valence electrons. The summed E-state index contributed by atoms with van der Waals surface area (Å²) in [6.07, 6.45) is -4.84. The number of aryl methyl sites for hydroxylation is 3. The van der Waals surface area contributed by atoms with Gasteiger partial charge in [-0.25, -0.2) is 0 Å². The van der Waals surface area contributed by atoms with Crippen molar-refractivity contribution in [1.82, 2.24) is 9.78 Å². The number of amides is 1. The number of nitro benzene ring substituents is 1. The van der Waals surface area contributed by atoms with Crippen LogP contribution in [0, 0.1) is 30.9 Å². The third-order valence-corrected chi connectivity index (χ3v) is 5.72. The SMILES string of the molecule is Cc1cc(C)cc(Oc2cc(NC(=O)CCn3nc(C(F)(F)F)c(Br)c3C)cc([N+](=O)[O-])c2)c1. The molecule has 0 bridgehead atoms. The standard InChI is InChI=1S/C22H20BrF3N4O4/c1-12-6-13(2)8-17(7-12)34-18-10-15(9-16(11-18)30(32)33)27-19(31)4-5-29-14(3)20(23)21(28-29)22(24,25)26/h6-11H,4-5H2,1-3H3,(H,27,31). The van der Waals surface area contributed by atoms with Crippen LogP contribution in [0.4, 0.5) is 24.5 Å². The number of nitro groups is 1. The molecule has 0 fully saturated rings. The molecule has 0 aliphatic carbocycles. The number of carbonyl (C=O) groups excluding carboxylic acids is 1. The zero-order chi connectivity index (χ0) is 25.2. The third-order valence-electron chi connectivity index (χ3n) is 4.77. The normalized spacial score (nSPS) is 11.4. The summed E-state index contributed by atoms with van der Waals surface area (Å²) in [5.41, 5.74) is 0.870. The second kappa shape index (κ2) is 9.84. The van der Waals surface area contributed by atoms with Crippen molar-refractivity contribution in [2.24, 2.45) is 0 Å². The van der Waals surface area contributed by atoms with Crippen molar-refractivity contribution in [2.75, 3.05) is 5.32 Å². The van der Waals surface area contributed by atoms with E-state index in [2.05, 4.69) is 26.3 Å². The van der Waals surface area contributed by atoms with Crippen LogP contribution in [0.5, 0.6) is 11.5 Å². The number of aromatic nitrogens is 2. The van der Waals surface area contributed by atoms with E-state index >= 15 is 0 Å². The van der Waals surface area contributed by atoms with E-state index in [1.54, 1.807) is 12.1 Å². The first kappa shape index (κ1) is 25.2. The van der Waals surface area contributed by atoms with Gasteiger partial charge in [-0.3, -0.25) is 19.6 Å². The number of benzene rings is 2. The van der Waals surface area contributed by atoms with Gasteiger partial charge < -0.3 is 10.1 Å². The molecule has 0 aliphatic rings. The Balaban J connectivity index is 1.75. The molecular formula is C22H20BrF3N4O4. The molecular weight excluding hydrogens is 521 g/mol. The Labute approximate surface area is 201 Å². The summed E-state index contributed by atoms with van der Waals surface area (Å²) in [7, 11) is 0. The number of hydrogen-bond acceptors (Lipinski definition) is 5. The van der Waals surface area contributed by atoms with Gasteiger partial charge in [0.1, 0.15) is 11.5 Å². The van der Waals surface area contributed by atoms with Gasteiger partial charge in [-0.05, 0) is 60.0 Å². The molecule has 2 aromatic carbocycles. The fourth-order valence-electron chi connectivity index (χ4n) is 3.30. The second-order valence-electron chi connectivity index (χ2n) is 7.67. The van der Waals surface area contributed by atoms with Crippen LogP contribution in [0.2, 0.25) is 0 Å². The Kier molecular flexibility index (Phi) is 7.29. The molecule has 3 rings (SSSR count). The maximum atomic E-state index is 13.0. The summed E-state index contributed by atoms with van der Waals surface area (Å²) in [4.78, 5) is 23.2. The highest BCUT2D eigenvalue weighted by molar-refractivity contribution is 9.10. The molecule has 34 heavy (non-hydrogen) atoms. The number of nitrogens with zero attached hydrogens (tertiary/aromatic N) is 3. The Bertz CT molecular complexity index is 1240. The van der Waals surface area contributed by atoms with Gasteiger partial charge >= 0.3 is 6.18 Å². The maximum Gasteiger partial charge on any atom is 0.436 e. The topological polar surface area (TPSA) is 99.3 Å². The highest BCUT2D eigenvalue weighted by atomic mass is 79.9. The van der Waals surface area contributed by atoms with Crippen molar-refractivity contribution in [2.45, 2.75) is 39.9 Å². The van der Waals surface area contributed by atoms with Gasteiger partial charge in [0.25, 0.3) is 5.69 Å². The van der Waals surface area contributed by atoms with E-state index in [0.29, 0.717) is 5.75 Å². The van der Waals surface area contributed by atoms with E-state index in [1.165, 1.54) is 25.1 Å². The molecule has 0 radical (unpaired) electrons. The summed E-state index contributed by atoms with van der Waals surface area (Å²) < 4.78 is 45.7. The summed E-state index contributed by atoms with van der Waals surface area (Å²) in [5.74, 6) is 0.0732. The number of rotatable bonds is 7. The molecule has 0 atom stereocenters. The van der Waals surface area contributed by atoms with E-state index in [0.717, 1.165) is 15.8 Å². The Morgan fingerprint density at radius 3 is 2.29 bits per heavy atom. The van der Waals surface area contributed by atoms with Crippen LogP contribution in [0.1, 0.15) is 28.9 Å². The summed E-state index contributed by atoms with van der Waals surface area (Å²) >= 11 is 2.88. The van der Waals surface area contributed by atoms with Crippen LogP contribution in [0.25, 0.3) is 0 Å². The van der Waals surface area contributed by atoms with Gasteiger partial charge in [0.15, 0.2) is 5.69 Å². The largest absolute Gasteiger partial charge is 0.457 e. The Morgan fingerprint density at radius 1 is 1.12 bits per heavy atom. The van der Waals surface area contributed by atoms with Gasteiger partial charge in [-0.2, -0.15) is 18.3 Å². The smallest absolute Gasteiger partial charge is 0.436 e. The summed E-state index contributed by atoms with van der Waals surface area (Å²) in [6.45, 7) is 5.10. The number of carbonyl (C=O) groups is 1. The minimum Gasteiger partial charge on any atom is -0.457 e. The van der Waals surface area contributed by atoms with E-state index in [9.17, 15) is 28.1 Å². The van der Waals surface area contributed by atoms with Gasteiger partial charge in [-0.15, -0.1) is 0 Å². The Hall–Kier alpha value is -3.41. The molecule has 12 heteroatoms. The molecule has 1 N–H and O–H groups in total. The zero-order valence-electron chi connectivity index (χ0n) is 18.4. The highest BCUT2D eigenvalue weighted by Gasteiger charge is 2.37. The molecule has 0 saturated heterocycles. The number of halogens is 4. The van der Waals surface area contributed by atoms with Crippen molar-refractivity contribution < 1.29 is 27.6 Å². The van der Waals surface area contributed by atoms with Crippen LogP contribution >= 0.6 is 15.9 Å². The van der Waals surface area contributed by atoms with Gasteiger partial charge in [0.2, 0.25) is 5.91 Å². The zero-order valence-corrected chi connectivity index (χ0v) is 20.0. The third kappa shape index (κ3) is 6.13. The van der Waals surface area contributed by atoms with Crippen LogP contribution in [0.15, 0.2) is 40.9 Å². The molecule has 1 amide bonds. The van der Waals surface area contributed by atoms with E-state index in [1.807, 2.05) is 19.9 Å². The minimum atomic E-state index is -4.63. The van der Waals surface area contributed by atoms with E-state index in [-0.39, 0.29) is 40.3 Å². The van der Waals surface area contributed by atoms with Crippen LogP contribution in [-0.2, 0) is 17.5 Å². The van der Waals surface area contributed by atoms with Gasteiger partial charge in [0.05, 0.1) is 33.4 Å². The summed E-state index contributed by atoms with van der Waals surface area (Å²) in [5, 5.41) is 17.4. The number of nitrogens with one attached hydrogen (secondary N) is 1. The molecule has 0 unspecified atom stereocenters. The molecule has 1 aromatic heterocycles. The van der Waals surface area contributed by atoms with E-state index < -0.39 is 22.7 Å². The van der Waals surface area contributed by atoms with Crippen molar-refractivity contribution in [3.05, 3.63) is 73.5 Å². The average Bonchev–Trinajstić information content (AvgIpc) is 3.00. The number of ether oxygens (including phenoxy) is 1. The van der Waals surface area contributed by atoms with Crippen molar-refractivity contribution in [1.29, 1.82) is 0 Å². The quantitative estimate of drug-likeness (QED) is 0.279. The molecule has 8 nitrogen and oxygen atoms in total. The maximum absolute atomic E-state index is 13.0. The van der Waals surface area contributed by atoms with Crippen LogP contribution < -0.4 is 10.1 Å². The minimum absolute atomic E-state index is 0.118. The predicted molar refractivity (Wildman–Crippen MR) is 122 cm³/mol. The molecule has 3 aromatic rings. The average molecular weight is 541 g/mol. The van der Waals surface area contributed by atoms with Crippen LogP contribution in [0.3, 0.4) is 0 Å². The highest BCUT2D eigenvalue weighted by Crippen LogP contribution is 2.35. The predicted octanol–water partition coefficient (Wildman–Crippen LogP) is 6.32. The van der Waals surface area contributed by atoms with Gasteiger partial charge in [-0.1, -0.05) is 6.07 Å². The lowest BCUT2D eigenvalue weighted by atomic mass is 10.1. The van der Waals surface area contributed by atoms with Gasteiger partial charge in [0, 0.05) is 18.6 Å². The number of anilines is 1.